The molecule has 0 radical (unpaired) electrons. The van der Waals surface area contributed by atoms with Crippen LogP contribution in [-0.2, 0) is 0 Å². The van der Waals surface area contributed by atoms with Gasteiger partial charge in [0.25, 0.3) is 0 Å². The molecule has 1 heterocycles. The van der Waals surface area contributed by atoms with Crippen molar-refractivity contribution in [3.63, 3.8) is 0 Å². The summed E-state index contributed by atoms with van der Waals surface area (Å²) in [7, 11) is 0. The molecule has 0 unspecified atom stereocenters. The van der Waals surface area contributed by atoms with Crippen LogP contribution in [0, 0.1) is 11.8 Å². The van der Waals surface area contributed by atoms with E-state index < -0.39 is 0 Å². The molecule has 0 aromatic carbocycles. The van der Waals surface area contributed by atoms with Gasteiger partial charge in [0, 0.05) is 5.92 Å². The zero-order chi connectivity index (χ0) is 10.5. The van der Waals surface area contributed by atoms with Gasteiger partial charge in [0.2, 0.25) is 0 Å². The van der Waals surface area contributed by atoms with Crippen molar-refractivity contribution in [1.29, 1.82) is 0 Å². The molecule has 2 rings (SSSR count). The molecule has 1 nitrogen and oxygen atoms in total. The van der Waals surface area contributed by atoms with E-state index in [1.807, 2.05) is 4.90 Å². The minimum atomic E-state index is 1.06. The zero-order valence-electron chi connectivity index (χ0n) is 10.4. The second-order valence-electron chi connectivity index (χ2n) is 5.81. The van der Waals surface area contributed by atoms with Crippen LogP contribution in [-0.4, -0.2) is 19.6 Å². The van der Waals surface area contributed by atoms with Gasteiger partial charge in [0.1, 0.15) is 0 Å². The first-order chi connectivity index (χ1) is 7.38. The number of hydrogen-bond donors (Lipinski definition) is 1. The van der Waals surface area contributed by atoms with Crippen molar-refractivity contribution < 1.29 is 4.90 Å². The van der Waals surface area contributed by atoms with Crippen LogP contribution >= 0.6 is 0 Å². The molecular formula is C14H28N+. The Hall–Kier alpha value is -0.0400. The second kappa shape index (κ2) is 5.89. The summed E-state index contributed by atoms with van der Waals surface area (Å²) in [5, 5.41) is 0. The summed E-state index contributed by atoms with van der Waals surface area (Å²) in [6, 6.07) is 0. The maximum absolute atomic E-state index is 2.36. The molecule has 2 fully saturated rings. The molecule has 1 N–H and O–H groups in total. The van der Waals surface area contributed by atoms with E-state index in [1.165, 1.54) is 71.0 Å². The van der Waals surface area contributed by atoms with Gasteiger partial charge in [-0.2, -0.15) is 0 Å². The third-order valence-corrected chi connectivity index (χ3v) is 4.69. The third-order valence-electron chi connectivity index (χ3n) is 4.69. The molecule has 0 amide bonds. The van der Waals surface area contributed by atoms with E-state index in [2.05, 4.69) is 6.92 Å². The standard InChI is InChI=1S/C14H27N/c1-2-13-8-10-15(11-9-13)12-14-6-4-3-5-7-14/h13-14H,2-12H2,1H3/p+1. The summed E-state index contributed by atoms with van der Waals surface area (Å²) in [5.41, 5.74) is 0. The van der Waals surface area contributed by atoms with E-state index in [9.17, 15) is 0 Å². The molecule has 88 valence electrons. The maximum Gasteiger partial charge on any atom is 0.0799 e. The predicted molar refractivity (Wildman–Crippen MR) is 65.2 cm³/mol. The zero-order valence-corrected chi connectivity index (χ0v) is 10.4. The average molecular weight is 210 g/mol. The lowest BCUT2D eigenvalue weighted by molar-refractivity contribution is -0.909. The summed E-state index contributed by atoms with van der Waals surface area (Å²) in [6.07, 6.45) is 12.0. The van der Waals surface area contributed by atoms with Crippen molar-refractivity contribution >= 4 is 0 Å². The Morgan fingerprint density at radius 3 is 2.13 bits per heavy atom. The van der Waals surface area contributed by atoms with Crippen LogP contribution in [0.4, 0.5) is 0 Å². The van der Waals surface area contributed by atoms with Gasteiger partial charge in [-0.1, -0.05) is 32.6 Å². The van der Waals surface area contributed by atoms with Crippen LogP contribution in [0.25, 0.3) is 0 Å². The molecule has 0 atom stereocenters. The SMILES string of the molecule is CCC1CC[NH+](CC2CCCCC2)CC1. The fraction of sp³-hybridized carbons (Fsp3) is 1.00. The number of rotatable bonds is 3. The van der Waals surface area contributed by atoms with Crippen LogP contribution in [0.2, 0.25) is 0 Å². The molecule has 0 bridgehead atoms. The van der Waals surface area contributed by atoms with Crippen molar-refractivity contribution in [2.24, 2.45) is 11.8 Å². The van der Waals surface area contributed by atoms with Gasteiger partial charge in [-0.15, -0.1) is 0 Å². The molecule has 1 saturated carbocycles. The van der Waals surface area contributed by atoms with E-state index in [-0.39, 0.29) is 0 Å². The molecule has 2 aliphatic rings. The summed E-state index contributed by atoms with van der Waals surface area (Å²) in [5.74, 6) is 2.13. The van der Waals surface area contributed by atoms with E-state index in [0.717, 1.165) is 11.8 Å². The number of hydrogen-bond acceptors (Lipinski definition) is 0. The number of likely N-dealkylation sites (tertiary alicyclic amines) is 1. The van der Waals surface area contributed by atoms with Crippen LogP contribution in [0.1, 0.15) is 58.3 Å². The summed E-state index contributed by atoms with van der Waals surface area (Å²) in [6.45, 7) is 6.79. The Morgan fingerprint density at radius 1 is 0.867 bits per heavy atom. The first-order valence-corrected chi connectivity index (χ1v) is 7.22. The van der Waals surface area contributed by atoms with Crippen molar-refractivity contribution in [3.8, 4) is 0 Å². The van der Waals surface area contributed by atoms with Crippen molar-refractivity contribution in [2.75, 3.05) is 19.6 Å². The van der Waals surface area contributed by atoms with E-state index >= 15 is 0 Å². The molecule has 0 aromatic heterocycles. The van der Waals surface area contributed by atoms with Gasteiger partial charge in [-0.3, -0.25) is 0 Å². The van der Waals surface area contributed by atoms with Gasteiger partial charge in [-0.05, 0) is 31.6 Å². The largest absolute Gasteiger partial charge is 0.335 e. The van der Waals surface area contributed by atoms with Crippen LogP contribution < -0.4 is 4.90 Å². The molecule has 1 aliphatic carbocycles. The summed E-state index contributed by atoms with van der Waals surface area (Å²) >= 11 is 0. The lowest BCUT2D eigenvalue weighted by Crippen LogP contribution is -3.13. The van der Waals surface area contributed by atoms with E-state index in [1.54, 1.807) is 0 Å². The smallest absolute Gasteiger partial charge is 0.0799 e. The van der Waals surface area contributed by atoms with Crippen molar-refractivity contribution in [3.05, 3.63) is 0 Å². The summed E-state index contributed by atoms with van der Waals surface area (Å²) in [4.78, 5) is 1.92. The monoisotopic (exact) mass is 210 g/mol. The molecule has 1 saturated heterocycles. The van der Waals surface area contributed by atoms with Gasteiger partial charge >= 0.3 is 0 Å². The van der Waals surface area contributed by atoms with Crippen molar-refractivity contribution in [1.82, 2.24) is 0 Å². The minimum Gasteiger partial charge on any atom is -0.335 e. The Morgan fingerprint density at radius 2 is 1.53 bits per heavy atom. The van der Waals surface area contributed by atoms with Crippen LogP contribution in [0.3, 0.4) is 0 Å². The Kier molecular flexibility index (Phi) is 4.49. The highest BCUT2D eigenvalue weighted by molar-refractivity contribution is 4.66. The molecule has 1 heteroatoms. The van der Waals surface area contributed by atoms with Gasteiger partial charge in [-0.25, -0.2) is 0 Å². The Bertz CT molecular complexity index is 164. The molecule has 1 aliphatic heterocycles. The quantitative estimate of drug-likeness (QED) is 0.729. The third kappa shape index (κ3) is 3.48. The molecule has 15 heavy (non-hydrogen) atoms. The molecule has 0 aromatic rings. The number of piperidine rings is 1. The first-order valence-electron chi connectivity index (χ1n) is 7.22. The number of nitrogens with one attached hydrogen (secondary N) is 1. The Balaban J connectivity index is 1.67. The highest BCUT2D eigenvalue weighted by Crippen LogP contribution is 2.22. The fourth-order valence-corrected chi connectivity index (χ4v) is 3.50. The van der Waals surface area contributed by atoms with Gasteiger partial charge in [0.05, 0.1) is 19.6 Å². The first kappa shape index (κ1) is 11.4. The lowest BCUT2D eigenvalue weighted by Gasteiger charge is -2.32. The second-order valence-corrected chi connectivity index (χ2v) is 5.81. The number of quaternary nitrogens is 1. The minimum absolute atomic E-state index is 1.06. The van der Waals surface area contributed by atoms with E-state index in [4.69, 9.17) is 0 Å². The topological polar surface area (TPSA) is 4.44 Å². The van der Waals surface area contributed by atoms with Crippen LogP contribution in [0.5, 0.6) is 0 Å². The highest BCUT2D eigenvalue weighted by atomic mass is 15.1. The Labute approximate surface area is 95.2 Å². The molecular weight excluding hydrogens is 182 g/mol. The van der Waals surface area contributed by atoms with Gasteiger partial charge < -0.3 is 4.90 Å². The fourth-order valence-electron chi connectivity index (χ4n) is 3.50. The normalized spacial score (nSPS) is 34.2. The predicted octanol–water partition coefficient (Wildman–Crippen LogP) is 2.27. The maximum atomic E-state index is 2.36. The highest BCUT2D eigenvalue weighted by Gasteiger charge is 2.24. The lowest BCUT2D eigenvalue weighted by atomic mass is 9.87. The van der Waals surface area contributed by atoms with Crippen LogP contribution in [0.15, 0.2) is 0 Å². The molecule has 0 spiro atoms. The van der Waals surface area contributed by atoms with E-state index in [0.29, 0.717) is 0 Å². The van der Waals surface area contributed by atoms with Crippen molar-refractivity contribution in [2.45, 2.75) is 58.3 Å². The summed E-state index contributed by atoms with van der Waals surface area (Å²) < 4.78 is 0. The average Bonchev–Trinajstić information content (AvgIpc) is 2.31. The van der Waals surface area contributed by atoms with Gasteiger partial charge in [0.15, 0.2) is 0 Å².